The molecule has 4 rings (SSSR count). The number of rotatable bonds is 9. The number of carbonyl (C=O) groups is 1. The van der Waals surface area contributed by atoms with Crippen LogP contribution in [0.5, 0.6) is 0 Å². The molecular weight excluding hydrogens is 456 g/mol. The predicted molar refractivity (Wildman–Crippen MR) is 138 cm³/mol. The van der Waals surface area contributed by atoms with E-state index in [1.165, 1.54) is 16.0 Å². The standard InChI is InChI=1S/C27H30N6O3/c1-36-17-7-11-29-26(34)22(19-28)18-23-25(30-24-10-5-6-12-33(24)27(23)35)32-15-13-31(14-16-32)20-21-8-3-2-4-9-21/h2-6,8-10,12,18H,7,11,13-17,20H2,1H3,(H,29,34). The Balaban J connectivity index is 1.61. The third-order valence-corrected chi connectivity index (χ3v) is 6.13. The van der Waals surface area contributed by atoms with Crippen molar-refractivity contribution in [2.24, 2.45) is 0 Å². The molecule has 9 heteroatoms. The summed E-state index contributed by atoms with van der Waals surface area (Å²) in [7, 11) is 1.59. The van der Waals surface area contributed by atoms with Gasteiger partial charge in [0.25, 0.3) is 11.5 Å². The molecule has 1 saturated heterocycles. The number of nitriles is 1. The smallest absolute Gasteiger partial charge is 0.267 e. The zero-order chi connectivity index (χ0) is 25.3. The molecule has 1 aliphatic rings. The highest BCUT2D eigenvalue weighted by Crippen LogP contribution is 2.21. The van der Waals surface area contributed by atoms with E-state index in [4.69, 9.17) is 9.72 Å². The molecule has 36 heavy (non-hydrogen) atoms. The van der Waals surface area contributed by atoms with Gasteiger partial charge in [0, 0.05) is 59.2 Å². The van der Waals surface area contributed by atoms with E-state index in [2.05, 4.69) is 27.2 Å². The number of benzene rings is 1. The molecule has 0 unspecified atom stereocenters. The number of methoxy groups -OCH3 is 1. The molecule has 1 amide bonds. The second-order valence-corrected chi connectivity index (χ2v) is 8.60. The minimum Gasteiger partial charge on any atom is -0.385 e. The number of nitrogens with zero attached hydrogens (tertiary/aromatic N) is 5. The van der Waals surface area contributed by atoms with Crippen LogP contribution >= 0.6 is 0 Å². The van der Waals surface area contributed by atoms with E-state index in [1.807, 2.05) is 30.3 Å². The number of fused-ring (bicyclic) bond motifs is 1. The monoisotopic (exact) mass is 486 g/mol. The van der Waals surface area contributed by atoms with Crippen LogP contribution in [0.3, 0.4) is 0 Å². The van der Waals surface area contributed by atoms with Crippen molar-refractivity contribution < 1.29 is 9.53 Å². The van der Waals surface area contributed by atoms with Gasteiger partial charge in [-0.15, -0.1) is 0 Å². The molecule has 2 aromatic heterocycles. The summed E-state index contributed by atoms with van der Waals surface area (Å²) in [5, 5.41) is 12.4. The number of anilines is 1. The Morgan fingerprint density at radius 1 is 1.14 bits per heavy atom. The topological polar surface area (TPSA) is 103 Å². The molecule has 3 aromatic rings. The van der Waals surface area contributed by atoms with Crippen LogP contribution in [0.1, 0.15) is 17.5 Å². The van der Waals surface area contributed by atoms with Crippen LogP contribution in [0.2, 0.25) is 0 Å². The van der Waals surface area contributed by atoms with Crippen LogP contribution in [0, 0.1) is 11.3 Å². The molecular formula is C27H30N6O3. The molecule has 0 atom stereocenters. The fraction of sp³-hybridized carbons (Fsp3) is 0.333. The van der Waals surface area contributed by atoms with Gasteiger partial charge in [0.1, 0.15) is 23.1 Å². The third-order valence-electron chi connectivity index (χ3n) is 6.13. The van der Waals surface area contributed by atoms with Crippen LogP contribution in [0.15, 0.2) is 65.1 Å². The zero-order valence-corrected chi connectivity index (χ0v) is 20.4. The van der Waals surface area contributed by atoms with Crippen molar-refractivity contribution in [2.75, 3.05) is 51.3 Å². The van der Waals surface area contributed by atoms with E-state index in [0.29, 0.717) is 44.1 Å². The minimum absolute atomic E-state index is 0.133. The van der Waals surface area contributed by atoms with E-state index in [9.17, 15) is 14.9 Å². The Hall–Kier alpha value is -4.00. The fourth-order valence-corrected chi connectivity index (χ4v) is 4.22. The first-order chi connectivity index (χ1) is 17.6. The molecule has 1 N–H and O–H groups in total. The fourth-order valence-electron chi connectivity index (χ4n) is 4.22. The van der Waals surface area contributed by atoms with Crippen molar-refractivity contribution in [1.29, 1.82) is 5.26 Å². The Bertz CT molecular complexity index is 1320. The lowest BCUT2D eigenvalue weighted by Crippen LogP contribution is -2.47. The number of piperazine rings is 1. The van der Waals surface area contributed by atoms with Gasteiger partial charge >= 0.3 is 0 Å². The summed E-state index contributed by atoms with van der Waals surface area (Å²) in [5.74, 6) is -0.0321. The molecule has 1 fully saturated rings. The summed E-state index contributed by atoms with van der Waals surface area (Å²) < 4.78 is 6.43. The van der Waals surface area contributed by atoms with E-state index in [-0.39, 0.29) is 16.7 Å². The molecule has 3 heterocycles. The van der Waals surface area contributed by atoms with Crippen molar-refractivity contribution in [2.45, 2.75) is 13.0 Å². The average molecular weight is 487 g/mol. The molecule has 0 radical (unpaired) electrons. The van der Waals surface area contributed by atoms with Gasteiger partial charge in [-0.1, -0.05) is 36.4 Å². The lowest BCUT2D eigenvalue weighted by Gasteiger charge is -2.36. The van der Waals surface area contributed by atoms with Crippen molar-refractivity contribution in [3.8, 4) is 6.07 Å². The van der Waals surface area contributed by atoms with Gasteiger partial charge in [0.05, 0.1) is 5.56 Å². The maximum atomic E-state index is 13.5. The van der Waals surface area contributed by atoms with Crippen molar-refractivity contribution in [3.05, 3.63) is 81.8 Å². The number of hydrogen-bond acceptors (Lipinski definition) is 7. The molecule has 0 bridgehead atoms. The SMILES string of the molecule is COCCCNC(=O)C(C#N)=Cc1c(N2CCN(Cc3ccccc3)CC2)nc2ccccn2c1=O. The highest BCUT2D eigenvalue weighted by Gasteiger charge is 2.23. The van der Waals surface area contributed by atoms with Crippen LogP contribution in [-0.4, -0.2) is 66.6 Å². The second kappa shape index (κ2) is 12.1. The number of amides is 1. The first kappa shape index (κ1) is 25.1. The van der Waals surface area contributed by atoms with Gasteiger partial charge in [0.15, 0.2) is 0 Å². The molecule has 1 aliphatic heterocycles. The Morgan fingerprint density at radius 3 is 2.61 bits per heavy atom. The maximum absolute atomic E-state index is 13.5. The quantitative estimate of drug-likeness (QED) is 0.281. The first-order valence-electron chi connectivity index (χ1n) is 12.0. The van der Waals surface area contributed by atoms with E-state index in [0.717, 1.165) is 19.6 Å². The number of carbonyl (C=O) groups excluding carboxylic acids is 1. The Kier molecular flexibility index (Phi) is 8.44. The van der Waals surface area contributed by atoms with Crippen LogP contribution in [-0.2, 0) is 16.1 Å². The lowest BCUT2D eigenvalue weighted by molar-refractivity contribution is -0.117. The molecule has 9 nitrogen and oxygen atoms in total. The third kappa shape index (κ3) is 5.97. The van der Waals surface area contributed by atoms with Gasteiger partial charge in [-0.05, 0) is 30.2 Å². The molecule has 1 aromatic carbocycles. The Morgan fingerprint density at radius 2 is 1.89 bits per heavy atom. The van der Waals surface area contributed by atoms with Gasteiger partial charge in [-0.3, -0.25) is 18.9 Å². The van der Waals surface area contributed by atoms with Crippen LogP contribution < -0.4 is 15.8 Å². The summed E-state index contributed by atoms with van der Waals surface area (Å²) in [6.07, 6.45) is 3.63. The summed E-state index contributed by atoms with van der Waals surface area (Å²) in [5.41, 5.74) is 1.56. The van der Waals surface area contributed by atoms with Crippen molar-refractivity contribution >= 4 is 23.4 Å². The van der Waals surface area contributed by atoms with Gasteiger partial charge in [-0.2, -0.15) is 5.26 Å². The lowest BCUT2D eigenvalue weighted by atomic mass is 10.1. The van der Waals surface area contributed by atoms with Crippen molar-refractivity contribution in [1.82, 2.24) is 19.6 Å². The predicted octanol–water partition coefficient (Wildman–Crippen LogP) is 2.08. The van der Waals surface area contributed by atoms with Crippen molar-refractivity contribution in [3.63, 3.8) is 0 Å². The number of pyridine rings is 1. The summed E-state index contributed by atoms with van der Waals surface area (Å²) in [4.78, 5) is 35.3. The van der Waals surface area contributed by atoms with Gasteiger partial charge < -0.3 is 15.0 Å². The number of ether oxygens (including phenoxy) is 1. The van der Waals surface area contributed by atoms with Gasteiger partial charge in [-0.25, -0.2) is 4.98 Å². The molecule has 0 spiro atoms. The van der Waals surface area contributed by atoms with Crippen LogP contribution in [0.4, 0.5) is 5.82 Å². The summed E-state index contributed by atoms with van der Waals surface area (Å²) in [6, 6.07) is 17.6. The van der Waals surface area contributed by atoms with E-state index >= 15 is 0 Å². The molecule has 0 saturated carbocycles. The van der Waals surface area contributed by atoms with E-state index in [1.54, 1.807) is 25.4 Å². The van der Waals surface area contributed by atoms with Gasteiger partial charge in [0.2, 0.25) is 0 Å². The summed E-state index contributed by atoms with van der Waals surface area (Å²) in [6.45, 7) is 4.69. The maximum Gasteiger partial charge on any atom is 0.267 e. The minimum atomic E-state index is -0.523. The number of hydrogen-bond donors (Lipinski definition) is 1. The first-order valence-corrected chi connectivity index (χ1v) is 12.0. The Labute approximate surface area is 210 Å². The normalized spacial score (nSPS) is 14.6. The molecule has 0 aliphatic carbocycles. The zero-order valence-electron chi connectivity index (χ0n) is 20.4. The van der Waals surface area contributed by atoms with E-state index < -0.39 is 5.91 Å². The number of nitrogens with one attached hydrogen (secondary N) is 1. The average Bonchev–Trinajstić information content (AvgIpc) is 2.91. The highest BCUT2D eigenvalue weighted by atomic mass is 16.5. The largest absolute Gasteiger partial charge is 0.385 e. The summed E-state index contributed by atoms with van der Waals surface area (Å²) >= 11 is 0. The second-order valence-electron chi connectivity index (χ2n) is 8.60. The highest BCUT2D eigenvalue weighted by molar-refractivity contribution is 6.02. The number of aromatic nitrogens is 2. The van der Waals surface area contributed by atoms with Crippen LogP contribution in [0.25, 0.3) is 11.7 Å². The molecule has 186 valence electrons.